The van der Waals surface area contributed by atoms with Gasteiger partial charge in [0.25, 0.3) is 0 Å². The Morgan fingerprint density at radius 3 is 2.77 bits per heavy atom. The SMILES string of the molecule is COC(=O)[C@@H]1C2CCC(CC2)[C@H]1Nc1nc(-c2c[nH]c3ncc(Cl)cc23)ncc1F. The highest BCUT2D eigenvalue weighted by Gasteiger charge is 2.48. The Morgan fingerprint density at radius 2 is 2.00 bits per heavy atom. The summed E-state index contributed by atoms with van der Waals surface area (Å²) in [5.74, 6) is -0.107. The summed E-state index contributed by atoms with van der Waals surface area (Å²) in [6.07, 6.45) is 8.46. The Labute approximate surface area is 177 Å². The number of pyridine rings is 1. The van der Waals surface area contributed by atoms with E-state index in [9.17, 15) is 9.18 Å². The van der Waals surface area contributed by atoms with Crippen LogP contribution in [0.2, 0.25) is 5.02 Å². The summed E-state index contributed by atoms with van der Waals surface area (Å²) in [7, 11) is 1.40. The molecule has 3 aromatic rings. The number of hydrogen-bond donors (Lipinski definition) is 2. The summed E-state index contributed by atoms with van der Waals surface area (Å²) in [6, 6.07) is 1.56. The summed E-state index contributed by atoms with van der Waals surface area (Å²) in [6.45, 7) is 0. The summed E-state index contributed by atoms with van der Waals surface area (Å²) < 4.78 is 19.7. The van der Waals surface area contributed by atoms with Crippen molar-refractivity contribution in [1.82, 2.24) is 19.9 Å². The molecule has 6 rings (SSSR count). The van der Waals surface area contributed by atoms with Gasteiger partial charge in [-0.2, -0.15) is 0 Å². The maximum Gasteiger partial charge on any atom is 0.311 e. The van der Waals surface area contributed by atoms with Gasteiger partial charge in [-0.1, -0.05) is 11.6 Å². The van der Waals surface area contributed by atoms with E-state index >= 15 is 0 Å². The Kier molecular flexibility index (Phi) is 4.81. The Balaban J connectivity index is 1.50. The van der Waals surface area contributed by atoms with Gasteiger partial charge < -0.3 is 15.0 Å². The molecule has 0 radical (unpaired) electrons. The molecule has 3 aliphatic carbocycles. The number of halogens is 2. The van der Waals surface area contributed by atoms with Crippen LogP contribution in [-0.2, 0) is 9.53 Å². The molecule has 2 atom stereocenters. The number of anilines is 1. The first-order valence-electron chi connectivity index (χ1n) is 10.0. The molecule has 3 aromatic heterocycles. The predicted molar refractivity (Wildman–Crippen MR) is 110 cm³/mol. The van der Waals surface area contributed by atoms with Crippen molar-refractivity contribution in [3.63, 3.8) is 0 Å². The van der Waals surface area contributed by atoms with Crippen molar-refractivity contribution in [3.05, 3.63) is 35.5 Å². The van der Waals surface area contributed by atoms with Crippen LogP contribution in [0.3, 0.4) is 0 Å². The first-order valence-corrected chi connectivity index (χ1v) is 10.4. The van der Waals surface area contributed by atoms with Crippen molar-refractivity contribution in [2.75, 3.05) is 12.4 Å². The lowest BCUT2D eigenvalue weighted by molar-refractivity contribution is -0.152. The first-order chi connectivity index (χ1) is 14.5. The molecular formula is C21H21ClFN5O2. The number of hydrogen-bond acceptors (Lipinski definition) is 6. The van der Waals surface area contributed by atoms with Gasteiger partial charge in [-0.3, -0.25) is 4.79 Å². The van der Waals surface area contributed by atoms with Crippen molar-refractivity contribution < 1.29 is 13.9 Å². The number of aromatic amines is 1. The molecular weight excluding hydrogens is 409 g/mol. The van der Waals surface area contributed by atoms with Crippen LogP contribution in [0.25, 0.3) is 22.4 Å². The van der Waals surface area contributed by atoms with Crippen LogP contribution < -0.4 is 5.32 Å². The largest absolute Gasteiger partial charge is 0.469 e. The number of aromatic nitrogens is 4. The minimum Gasteiger partial charge on any atom is -0.469 e. The van der Waals surface area contributed by atoms with Crippen LogP contribution in [0.1, 0.15) is 25.7 Å². The van der Waals surface area contributed by atoms with Crippen LogP contribution in [0, 0.1) is 23.6 Å². The van der Waals surface area contributed by atoms with Crippen LogP contribution in [-0.4, -0.2) is 39.1 Å². The number of esters is 1. The van der Waals surface area contributed by atoms with Crippen LogP contribution in [0.4, 0.5) is 10.2 Å². The van der Waals surface area contributed by atoms with E-state index in [0.29, 0.717) is 22.1 Å². The van der Waals surface area contributed by atoms with Crippen molar-refractivity contribution in [3.8, 4) is 11.4 Å². The van der Waals surface area contributed by atoms with Gasteiger partial charge in [-0.25, -0.2) is 19.3 Å². The number of methoxy groups -OCH3 is 1. The van der Waals surface area contributed by atoms with E-state index in [0.717, 1.165) is 37.3 Å². The fourth-order valence-electron chi connectivity index (χ4n) is 5.05. The smallest absolute Gasteiger partial charge is 0.311 e. The normalized spacial score (nSPS) is 25.4. The minimum absolute atomic E-state index is 0.0933. The van der Waals surface area contributed by atoms with Crippen molar-refractivity contribution >= 4 is 34.4 Å². The van der Waals surface area contributed by atoms with E-state index in [4.69, 9.17) is 16.3 Å². The van der Waals surface area contributed by atoms with Crippen LogP contribution in [0.5, 0.6) is 0 Å². The number of rotatable bonds is 4. The number of ether oxygens (including phenoxy) is 1. The number of fused-ring (bicyclic) bond motifs is 4. The molecule has 0 aromatic carbocycles. The molecule has 3 fully saturated rings. The number of carbonyl (C=O) groups is 1. The van der Waals surface area contributed by atoms with E-state index in [2.05, 4.69) is 25.3 Å². The van der Waals surface area contributed by atoms with Gasteiger partial charge in [0, 0.05) is 29.4 Å². The lowest BCUT2D eigenvalue weighted by Crippen LogP contribution is -2.52. The van der Waals surface area contributed by atoms with Gasteiger partial charge in [-0.05, 0) is 43.6 Å². The van der Waals surface area contributed by atoms with Crippen LogP contribution >= 0.6 is 11.6 Å². The zero-order chi connectivity index (χ0) is 20.8. The molecule has 3 saturated carbocycles. The number of nitrogens with one attached hydrogen (secondary N) is 2. The van der Waals surface area contributed by atoms with Gasteiger partial charge >= 0.3 is 5.97 Å². The molecule has 156 valence electrons. The van der Waals surface area contributed by atoms with E-state index in [1.54, 1.807) is 18.5 Å². The molecule has 9 heteroatoms. The summed E-state index contributed by atoms with van der Waals surface area (Å²) in [5, 5.41) is 4.47. The highest BCUT2D eigenvalue weighted by molar-refractivity contribution is 6.31. The monoisotopic (exact) mass is 429 g/mol. The van der Waals surface area contributed by atoms with Gasteiger partial charge in [0.05, 0.1) is 24.2 Å². The fraction of sp³-hybridized carbons (Fsp3) is 0.429. The van der Waals surface area contributed by atoms with Crippen LogP contribution in [0.15, 0.2) is 24.7 Å². The highest BCUT2D eigenvalue weighted by atomic mass is 35.5. The summed E-state index contributed by atoms with van der Waals surface area (Å²) in [5.41, 5.74) is 1.32. The maximum atomic E-state index is 14.7. The standard InChI is InChI=1S/C21H21ClFN5O2/c1-30-21(29)16-10-2-4-11(5-3-10)17(16)27-20-15(23)9-26-19(28-20)14-8-25-18-13(14)6-12(22)7-24-18/h6-11,16-17H,2-5H2,1H3,(H,24,25)(H,26,27,28)/t10?,11?,16-,17-/m1/s1. The second-order valence-corrected chi connectivity index (χ2v) is 8.47. The average Bonchev–Trinajstić information content (AvgIpc) is 3.18. The van der Waals surface area contributed by atoms with E-state index in [-0.39, 0.29) is 35.6 Å². The molecule has 0 saturated heterocycles. The first kappa shape index (κ1) is 19.2. The zero-order valence-electron chi connectivity index (χ0n) is 16.4. The lowest BCUT2D eigenvalue weighted by atomic mass is 9.61. The summed E-state index contributed by atoms with van der Waals surface area (Å²) in [4.78, 5) is 28.4. The third-order valence-electron chi connectivity index (χ3n) is 6.48. The molecule has 30 heavy (non-hydrogen) atoms. The Hall–Kier alpha value is -2.74. The molecule has 0 aliphatic heterocycles. The average molecular weight is 430 g/mol. The minimum atomic E-state index is -0.556. The molecule has 2 bridgehead atoms. The topological polar surface area (TPSA) is 92.8 Å². The second kappa shape index (κ2) is 7.50. The number of nitrogens with zero attached hydrogens (tertiary/aromatic N) is 3. The number of H-pyrrole nitrogens is 1. The van der Waals surface area contributed by atoms with E-state index in [1.807, 2.05) is 0 Å². The lowest BCUT2D eigenvalue weighted by Gasteiger charge is -2.47. The van der Waals surface area contributed by atoms with Gasteiger partial charge in [0.2, 0.25) is 0 Å². The number of carbonyl (C=O) groups excluding carboxylic acids is 1. The quantitative estimate of drug-likeness (QED) is 0.604. The third kappa shape index (κ3) is 3.19. The molecule has 7 nitrogen and oxygen atoms in total. The Morgan fingerprint density at radius 1 is 1.23 bits per heavy atom. The highest BCUT2D eigenvalue weighted by Crippen LogP contribution is 2.46. The molecule has 0 amide bonds. The predicted octanol–water partition coefficient (Wildman–Crippen LogP) is 4.20. The molecule has 0 unspecified atom stereocenters. The van der Waals surface area contributed by atoms with Gasteiger partial charge in [0.15, 0.2) is 17.5 Å². The van der Waals surface area contributed by atoms with Crippen molar-refractivity contribution in [2.24, 2.45) is 17.8 Å². The third-order valence-corrected chi connectivity index (χ3v) is 6.69. The van der Waals surface area contributed by atoms with E-state index in [1.165, 1.54) is 7.11 Å². The molecule has 2 N–H and O–H groups in total. The maximum absolute atomic E-state index is 14.7. The van der Waals surface area contributed by atoms with Gasteiger partial charge in [0.1, 0.15) is 5.65 Å². The Bertz CT molecular complexity index is 1110. The summed E-state index contributed by atoms with van der Waals surface area (Å²) >= 11 is 6.08. The second-order valence-electron chi connectivity index (χ2n) is 8.04. The van der Waals surface area contributed by atoms with Crippen molar-refractivity contribution in [1.29, 1.82) is 0 Å². The van der Waals surface area contributed by atoms with Crippen molar-refractivity contribution in [2.45, 2.75) is 31.7 Å². The molecule has 3 aliphatic rings. The van der Waals surface area contributed by atoms with Gasteiger partial charge in [-0.15, -0.1) is 0 Å². The molecule has 0 spiro atoms. The zero-order valence-corrected chi connectivity index (χ0v) is 17.1. The molecule has 3 heterocycles. The van der Waals surface area contributed by atoms with E-state index < -0.39 is 5.82 Å². The fourth-order valence-corrected chi connectivity index (χ4v) is 5.21.